The number of aromatic nitrogens is 2. The summed E-state index contributed by atoms with van der Waals surface area (Å²) in [6.07, 6.45) is 3.42. The third kappa shape index (κ3) is 4.09. The zero-order valence-corrected chi connectivity index (χ0v) is 15.8. The van der Waals surface area contributed by atoms with E-state index in [1.165, 1.54) is 4.90 Å². The molecule has 0 spiro atoms. The maximum Gasteiger partial charge on any atom is 0.259 e. The van der Waals surface area contributed by atoms with E-state index in [0.29, 0.717) is 16.9 Å². The van der Waals surface area contributed by atoms with Crippen LogP contribution in [0, 0.1) is 0 Å². The van der Waals surface area contributed by atoms with Crippen molar-refractivity contribution in [3.63, 3.8) is 0 Å². The van der Waals surface area contributed by atoms with E-state index in [1.54, 1.807) is 24.5 Å². The molecule has 2 amide bonds. The Kier molecular flexibility index (Phi) is 5.71. The van der Waals surface area contributed by atoms with Crippen molar-refractivity contribution in [2.75, 3.05) is 31.5 Å². The molecule has 27 heavy (non-hydrogen) atoms. The Balaban J connectivity index is 1.56. The van der Waals surface area contributed by atoms with Crippen molar-refractivity contribution in [2.24, 2.45) is 0 Å². The second-order valence-corrected chi connectivity index (χ2v) is 6.45. The number of hydrogen-bond acceptors (Lipinski definition) is 4. The average molecular weight is 367 g/mol. The first-order chi connectivity index (χ1) is 13.0. The van der Waals surface area contributed by atoms with Crippen LogP contribution in [0.5, 0.6) is 0 Å². The Morgan fingerprint density at radius 1 is 1.22 bits per heavy atom. The lowest BCUT2D eigenvalue weighted by Gasteiger charge is -2.17. The summed E-state index contributed by atoms with van der Waals surface area (Å²) < 4.78 is 1.81. The van der Waals surface area contributed by atoms with Gasteiger partial charge in [-0.05, 0) is 19.2 Å². The lowest BCUT2D eigenvalue weighted by atomic mass is 10.1. The third-order valence-electron chi connectivity index (χ3n) is 4.80. The van der Waals surface area contributed by atoms with Gasteiger partial charge >= 0.3 is 0 Å². The summed E-state index contributed by atoms with van der Waals surface area (Å²) in [4.78, 5) is 28.6. The Labute approximate surface area is 159 Å². The lowest BCUT2D eigenvalue weighted by Crippen LogP contribution is -2.32. The molecule has 0 fully saturated rings. The zero-order chi connectivity index (χ0) is 19.4. The Hall–Kier alpha value is -2.93. The minimum Gasteiger partial charge on any atom is -0.322 e. The molecular weight excluding hydrogens is 342 g/mol. The second-order valence-electron chi connectivity index (χ2n) is 6.45. The number of nitrogens with zero attached hydrogens (tertiary/aromatic N) is 4. The number of likely N-dealkylation sites (N-methyl/N-ethyl adjacent to an activating group) is 1. The van der Waals surface area contributed by atoms with Crippen molar-refractivity contribution in [3.8, 4) is 0 Å². The topological polar surface area (TPSA) is 70.5 Å². The monoisotopic (exact) mass is 367 g/mol. The van der Waals surface area contributed by atoms with Crippen LogP contribution < -0.4 is 5.32 Å². The van der Waals surface area contributed by atoms with Crippen LogP contribution in [0.3, 0.4) is 0 Å². The van der Waals surface area contributed by atoms with Crippen molar-refractivity contribution in [2.45, 2.75) is 20.4 Å². The zero-order valence-electron chi connectivity index (χ0n) is 15.8. The molecule has 2 aromatic rings. The molecule has 0 unspecified atom stereocenters. The maximum atomic E-state index is 12.5. The number of anilines is 1. The van der Waals surface area contributed by atoms with E-state index in [0.717, 1.165) is 31.7 Å². The first kappa shape index (κ1) is 18.8. The van der Waals surface area contributed by atoms with E-state index in [4.69, 9.17) is 0 Å². The van der Waals surface area contributed by atoms with Gasteiger partial charge in [-0.2, -0.15) is 5.10 Å². The molecule has 0 atom stereocenters. The average Bonchev–Trinajstić information content (AvgIpc) is 3.21. The number of carbonyl (C=O) groups is 2. The minimum atomic E-state index is -0.277. The number of hydrogen-bond donors (Lipinski definition) is 1. The van der Waals surface area contributed by atoms with Crippen molar-refractivity contribution >= 4 is 23.2 Å². The van der Waals surface area contributed by atoms with Gasteiger partial charge in [0.15, 0.2) is 0 Å². The molecule has 1 aromatic heterocycles. The molecule has 1 aliphatic heterocycles. The molecule has 0 bridgehead atoms. The summed E-state index contributed by atoms with van der Waals surface area (Å²) in [5, 5.41) is 7.08. The highest BCUT2D eigenvalue weighted by Crippen LogP contribution is 2.30. The summed E-state index contributed by atoms with van der Waals surface area (Å²) in [5.41, 5.74) is 2.54. The highest BCUT2D eigenvalue weighted by Gasteiger charge is 2.31. The van der Waals surface area contributed by atoms with Gasteiger partial charge in [-0.15, -0.1) is 0 Å². The number of carbonyl (C=O) groups excluding carboxylic acids is 2. The van der Waals surface area contributed by atoms with Gasteiger partial charge in [0.2, 0.25) is 5.91 Å². The smallest absolute Gasteiger partial charge is 0.259 e. The van der Waals surface area contributed by atoms with Crippen molar-refractivity contribution < 1.29 is 9.59 Å². The fourth-order valence-electron chi connectivity index (χ4n) is 3.18. The van der Waals surface area contributed by atoms with Crippen LogP contribution >= 0.6 is 0 Å². The Morgan fingerprint density at radius 2 is 1.93 bits per heavy atom. The van der Waals surface area contributed by atoms with E-state index in [-0.39, 0.29) is 18.4 Å². The van der Waals surface area contributed by atoms with Crippen molar-refractivity contribution in [1.29, 1.82) is 0 Å². The highest BCUT2D eigenvalue weighted by atomic mass is 16.2. The number of fused-ring (bicyclic) bond motifs is 1. The SMILES string of the molecule is C=C1c2ccccc2C(=O)N1CC(=O)Nc1cnn(CCN(CC)CC)c1. The molecule has 1 aromatic carbocycles. The van der Waals surface area contributed by atoms with Crippen molar-refractivity contribution in [1.82, 2.24) is 19.6 Å². The van der Waals surface area contributed by atoms with E-state index in [2.05, 4.69) is 35.7 Å². The van der Waals surface area contributed by atoms with Crippen molar-refractivity contribution in [3.05, 3.63) is 54.4 Å². The lowest BCUT2D eigenvalue weighted by molar-refractivity contribution is -0.116. The fourth-order valence-corrected chi connectivity index (χ4v) is 3.18. The van der Waals surface area contributed by atoms with E-state index in [9.17, 15) is 9.59 Å². The summed E-state index contributed by atoms with van der Waals surface area (Å²) in [6.45, 7) is 11.8. The molecule has 0 radical (unpaired) electrons. The van der Waals surface area contributed by atoms with Gasteiger partial charge in [0.1, 0.15) is 6.54 Å². The standard InChI is InChI=1S/C20H25N5O2/c1-4-23(5-2)10-11-24-13-16(12-21-24)22-19(26)14-25-15(3)17-8-6-7-9-18(17)20(25)27/h6-9,12-13H,3-5,10-11,14H2,1-2H3,(H,22,26). The number of amides is 2. The molecule has 0 aliphatic carbocycles. The number of nitrogens with one attached hydrogen (secondary N) is 1. The first-order valence-corrected chi connectivity index (χ1v) is 9.18. The normalized spacial score (nSPS) is 13.4. The summed E-state index contributed by atoms with van der Waals surface area (Å²) in [7, 11) is 0. The van der Waals surface area contributed by atoms with Crippen LogP contribution in [0.1, 0.15) is 29.8 Å². The van der Waals surface area contributed by atoms with Gasteiger partial charge in [0, 0.05) is 29.6 Å². The molecule has 0 saturated heterocycles. The minimum absolute atomic E-state index is 0.0724. The molecular formula is C20H25N5O2. The predicted octanol–water partition coefficient (Wildman–Crippen LogP) is 2.29. The van der Waals surface area contributed by atoms with Gasteiger partial charge in [-0.1, -0.05) is 38.6 Å². The number of rotatable bonds is 8. The van der Waals surface area contributed by atoms with E-state index >= 15 is 0 Å². The van der Waals surface area contributed by atoms with Crippen LogP contribution in [-0.2, 0) is 11.3 Å². The van der Waals surface area contributed by atoms with Gasteiger partial charge in [0.05, 0.1) is 18.4 Å². The third-order valence-corrected chi connectivity index (χ3v) is 4.80. The molecule has 3 rings (SSSR count). The second kappa shape index (κ2) is 8.18. The Morgan fingerprint density at radius 3 is 2.59 bits per heavy atom. The quantitative estimate of drug-likeness (QED) is 0.777. The van der Waals surface area contributed by atoms with Gasteiger partial charge in [-0.25, -0.2) is 0 Å². The molecule has 7 heteroatoms. The fraction of sp³-hybridized carbons (Fsp3) is 0.350. The van der Waals surface area contributed by atoms with Crippen LogP contribution in [0.25, 0.3) is 5.70 Å². The largest absolute Gasteiger partial charge is 0.322 e. The van der Waals surface area contributed by atoms with Gasteiger partial charge in [-0.3, -0.25) is 19.2 Å². The van der Waals surface area contributed by atoms with Crippen LogP contribution in [0.4, 0.5) is 5.69 Å². The number of benzene rings is 1. The predicted molar refractivity (Wildman–Crippen MR) is 105 cm³/mol. The van der Waals surface area contributed by atoms with E-state index in [1.807, 2.05) is 16.8 Å². The molecule has 7 nitrogen and oxygen atoms in total. The summed E-state index contributed by atoms with van der Waals surface area (Å²) in [5.74, 6) is -0.471. The molecule has 1 aliphatic rings. The molecule has 142 valence electrons. The summed E-state index contributed by atoms with van der Waals surface area (Å²) >= 11 is 0. The molecule has 1 N–H and O–H groups in total. The van der Waals surface area contributed by atoms with E-state index < -0.39 is 0 Å². The van der Waals surface area contributed by atoms with Gasteiger partial charge in [0.25, 0.3) is 5.91 Å². The molecule has 0 saturated carbocycles. The highest BCUT2D eigenvalue weighted by molar-refractivity contribution is 6.11. The van der Waals surface area contributed by atoms with Crippen LogP contribution in [0.2, 0.25) is 0 Å². The van der Waals surface area contributed by atoms with Crippen LogP contribution in [0.15, 0.2) is 43.2 Å². The Bertz CT molecular complexity index is 819. The van der Waals surface area contributed by atoms with Gasteiger partial charge < -0.3 is 10.2 Å². The summed E-state index contributed by atoms with van der Waals surface area (Å²) in [6, 6.07) is 7.25. The first-order valence-electron chi connectivity index (χ1n) is 9.18. The maximum absolute atomic E-state index is 12.5. The van der Waals surface area contributed by atoms with Crippen LogP contribution in [-0.4, -0.2) is 57.6 Å². The molecule has 2 heterocycles.